The molecule has 0 spiro atoms. The van der Waals surface area contributed by atoms with Crippen molar-refractivity contribution in [2.45, 2.75) is 328 Å². The van der Waals surface area contributed by atoms with Crippen LogP contribution < -0.4 is 5.11 Å². The summed E-state index contributed by atoms with van der Waals surface area (Å²) in [5, 5.41) is 11.8. The fourth-order valence-electron chi connectivity index (χ4n) is 9.86. The lowest BCUT2D eigenvalue weighted by Crippen LogP contribution is -2.44. The van der Waals surface area contributed by atoms with Gasteiger partial charge in [-0.2, -0.15) is 0 Å². The number of allylic oxidation sites excluding steroid dienone is 10. The summed E-state index contributed by atoms with van der Waals surface area (Å²) >= 11 is 0. The van der Waals surface area contributed by atoms with Gasteiger partial charge in [0, 0.05) is 12.8 Å². The molecule has 0 rings (SSSR count). The zero-order chi connectivity index (χ0) is 58.3. The van der Waals surface area contributed by atoms with Gasteiger partial charge in [-0.3, -0.25) is 9.59 Å². The number of esters is 2. The van der Waals surface area contributed by atoms with E-state index in [1.165, 1.54) is 199 Å². The zero-order valence-corrected chi connectivity index (χ0v) is 53.2. The molecule has 2 unspecified atom stereocenters. The first-order valence-corrected chi connectivity index (χ1v) is 33.9. The van der Waals surface area contributed by atoms with Gasteiger partial charge in [-0.25, -0.2) is 0 Å². The van der Waals surface area contributed by atoms with Crippen LogP contribution in [0.4, 0.5) is 0 Å². The molecule has 0 heterocycles. The molecule has 9 nitrogen and oxygen atoms in total. The summed E-state index contributed by atoms with van der Waals surface area (Å²) in [5.74, 6) is -2.30. The quantitative estimate of drug-likeness (QED) is 0.0195. The van der Waals surface area contributed by atoms with Gasteiger partial charge in [0.1, 0.15) is 13.2 Å². The van der Waals surface area contributed by atoms with Crippen LogP contribution >= 0.6 is 0 Å². The minimum atomic E-state index is -1.63. The third-order valence-electron chi connectivity index (χ3n) is 15.0. The predicted octanol–water partition coefficient (Wildman–Crippen LogP) is 19.4. The van der Waals surface area contributed by atoms with Gasteiger partial charge < -0.3 is 33.3 Å². The third-order valence-corrected chi connectivity index (χ3v) is 15.0. The van der Waals surface area contributed by atoms with Crippen molar-refractivity contribution in [1.82, 2.24) is 0 Å². The molecule has 0 aliphatic heterocycles. The number of ether oxygens (including phenoxy) is 4. The van der Waals surface area contributed by atoms with E-state index in [9.17, 15) is 19.5 Å². The van der Waals surface area contributed by atoms with Gasteiger partial charge in [-0.1, -0.05) is 306 Å². The van der Waals surface area contributed by atoms with Gasteiger partial charge in [0.15, 0.2) is 12.4 Å². The summed E-state index contributed by atoms with van der Waals surface area (Å²) in [4.78, 5) is 37.4. The Morgan fingerprint density at radius 2 is 0.713 bits per heavy atom. The molecule has 0 amide bonds. The van der Waals surface area contributed by atoms with Crippen molar-refractivity contribution in [3.63, 3.8) is 0 Å². The molecule has 466 valence electrons. The summed E-state index contributed by atoms with van der Waals surface area (Å²) in [6, 6.07) is 0. The van der Waals surface area contributed by atoms with Crippen molar-refractivity contribution in [3.8, 4) is 0 Å². The van der Waals surface area contributed by atoms with Crippen molar-refractivity contribution in [1.29, 1.82) is 0 Å². The van der Waals surface area contributed by atoms with Crippen LogP contribution in [0.3, 0.4) is 0 Å². The smallest absolute Gasteiger partial charge is 0.306 e. The van der Waals surface area contributed by atoms with Crippen LogP contribution in [0.5, 0.6) is 0 Å². The topological polar surface area (TPSA) is 111 Å². The summed E-state index contributed by atoms with van der Waals surface area (Å²) < 4.78 is 22.7. The summed E-state index contributed by atoms with van der Waals surface area (Å²) in [7, 11) is 5.92. The summed E-state index contributed by atoms with van der Waals surface area (Å²) in [6.45, 7) is 4.65. The highest BCUT2D eigenvalue weighted by atomic mass is 16.7. The molecule has 0 saturated heterocycles. The van der Waals surface area contributed by atoms with E-state index in [0.717, 1.165) is 83.5 Å². The monoisotopic (exact) mass is 1120 g/mol. The minimum Gasteiger partial charge on any atom is -0.545 e. The molecule has 0 aliphatic carbocycles. The molecule has 0 aromatic heterocycles. The Morgan fingerprint density at radius 3 is 1.06 bits per heavy atom. The number of carboxylic acid groups (broad SMARTS) is 1. The number of unbranched alkanes of at least 4 members (excludes halogenated alkanes) is 38. The highest BCUT2D eigenvalue weighted by molar-refractivity contribution is 5.70. The van der Waals surface area contributed by atoms with E-state index in [1.807, 2.05) is 21.1 Å². The predicted molar refractivity (Wildman–Crippen MR) is 338 cm³/mol. The molecule has 9 heteroatoms. The molecular formula is C71H129NO8. The first kappa shape index (κ1) is 77.0. The number of aliphatic carboxylic acids is 1. The van der Waals surface area contributed by atoms with Gasteiger partial charge >= 0.3 is 11.9 Å². The maximum atomic E-state index is 12.9. The summed E-state index contributed by atoms with van der Waals surface area (Å²) in [6.07, 6.45) is 77.4. The Kier molecular flexibility index (Phi) is 59.7. The number of nitrogens with zero attached hydrogens (tertiary/aromatic N) is 1. The molecule has 0 aromatic rings. The molecule has 0 saturated carbocycles. The van der Waals surface area contributed by atoms with E-state index in [1.54, 1.807) is 0 Å². The normalized spacial score (nSPS) is 13.1. The molecule has 0 aliphatic rings. The summed E-state index contributed by atoms with van der Waals surface area (Å²) in [5.41, 5.74) is 0. The van der Waals surface area contributed by atoms with Crippen molar-refractivity contribution < 1.29 is 42.9 Å². The Balaban J connectivity index is 4.06. The third kappa shape index (κ3) is 62.6. The van der Waals surface area contributed by atoms with Crippen LogP contribution in [-0.4, -0.2) is 82.3 Å². The molecule has 0 N–H and O–H groups in total. The average molecular weight is 1120 g/mol. The number of hydrogen-bond donors (Lipinski definition) is 0. The number of quaternary nitrogens is 1. The molecule has 80 heavy (non-hydrogen) atoms. The van der Waals surface area contributed by atoms with Gasteiger partial charge in [0.25, 0.3) is 0 Å². The molecule has 0 bridgehead atoms. The molecule has 0 aromatic carbocycles. The fraction of sp³-hybridized carbons (Fsp3) is 0.817. The number of hydrogen-bond acceptors (Lipinski definition) is 8. The van der Waals surface area contributed by atoms with Crippen molar-refractivity contribution in [3.05, 3.63) is 60.8 Å². The molecule has 0 radical (unpaired) electrons. The Hall–Kier alpha value is -3.01. The second-order valence-corrected chi connectivity index (χ2v) is 24.1. The van der Waals surface area contributed by atoms with Gasteiger partial charge in [-0.15, -0.1) is 0 Å². The van der Waals surface area contributed by atoms with Crippen LogP contribution in [0.1, 0.15) is 316 Å². The van der Waals surface area contributed by atoms with Crippen molar-refractivity contribution in [2.75, 3.05) is 47.5 Å². The first-order chi connectivity index (χ1) is 39.1. The van der Waals surface area contributed by atoms with E-state index in [2.05, 4.69) is 74.6 Å². The Labute approximate surface area is 495 Å². The zero-order valence-electron chi connectivity index (χ0n) is 53.2. The van der Waals surface area contributed by atoms with Crippen LogP contribution in [0.25, 0.3) is 0 Å². The van der Waals surface area contributed by atoms with Crippen LogP contribution in [-0.2, 0) is 33.3 Å². The lowest BCUT2D eigenvalue weighted by Gasteiger charge is -2.26. The van der Waals surface area contributed by atoms with E-state index in [4.69, 9.17) is 18.9 Å². The maximum Gasteiger partial charge on any atom is 0.306 e. The molecule has 2 atom stereocenters. The SMILES string of the molecule is CC/C=C\C/C=C\C/C=C\C/C=C\C/C=C\CCCCCCCC(=O)OC(COC(=O)CCCCCCCCCCCCCCCCCCCCCCCCCCCCCCCCCCCC)COC(OCC[N+](C)(C)C)C(=O)[O-]. The van der Waals surface area contributed by atoms with Gasteiger partial charge in [-0.05, 0) is 57.8 Å². The lowest BCUT2D eigenvalue weighted by atomic mass is 10.0. The highest BCUT2D eigenvalue weighted by Crippen LogP contribution is 2.18. The van der Waals surface area contributed by atoms with Crippen LogP contribution in [0.2, 0.25) is 0 Å². The van der Waals surface area contributed by atoms with Crippen LogP contribution in [0.15, 0.2) is 60.8 Å². The van der Waals surface area contributed by atoms with Gasteiger partial charge in [0.05, 0.1) is 40.3 Å². The van der Waals surface area contributed by atoms with E-state index >= 15 is 0 Å². The Bertz CT molecular complexity index is 1500. The lowest BCUT2D eigenvalue weighted by molar-refractivity contribution is -0.870. The van der Waals surface area contributed by atoms with Crippen molar-refractivity contribution in [2.24, 2.45) is 0 Å². The second-order valence-electron chi connectivity index (χ2n) is 24.1. The maximum absolute atomic E-state index is 12.9. The Morgan fingerprint density at radius 1 is 0.388 bits per heavy atom. The highest BCUT2D eigenvalue weighted by Gasteiger charge is 2.22. The number of carbonyl (C=O) groups excluding carboxylic acids is 3. The van der Waals surface area contributed by atoms with Gasteiger partial charge in [0.2, 0.25) is 0 Å². The van der Waals surface area contributed by atoms with Crippen LogP contribution in [0, 0.1) is 0 Å². The number of carboxylic acids is 1. The largest absolute Gasteiger partial charge is 0.545 e. The fourth-order valence-corrected chi connectivity index (χ4v) is 9.86. The standard InChI is InChI=1S/C71H129NO8/c1-6-8-10-12-14-16-18-20-22-24-26-28-29-30-31-32-33-34-35-36-37-38-39-40-42-43-45-47-49-51-53-55-57-59-61-68(73)78-65-67(66-79-71(70(75)76)77-64-63-72(3,4)5)80-69(74)62-60-58-56-54-52-50-48-46-44-41-27-25-23-21-19-17-15-13-11-9-7-2/h9,11,15,17,21,23,27,41,46,48,67,71H,6-8,10,12-14,16,18-20,22,24-26,28-40,42-45,47,49-66H2,1-5H3/b11-9-,17-15-,23-21-,41-27-,48-46-. The molecular weight excluding hydrogens is 995 g/mol. The number of rotatable bonds is 63. The first-order valence-electron chi connectivity index (χ1n) is 33.9. The number of carbonyl (C=O) groups is 3. The molecule has 0 fully saturated rings. The number of likely N-dealkylation sites (N-methyl/N-ethyl adjacent to an activating group) is 1. The van der Waals surface area contributed by atoms with E-state index < -0.39 is 24.3 Å². The van der Waals surface area contributed by atoms with E-state index in [-0.39, 0.29) is 38.6 Å². The second kappa shape index (κ2) is 62.0. The minimum absolute atomic E-state index is 0.143. The average Bonchev–Trinajstić information content (AvgIpc) is 3.43. The van der Waals surface area contributed by atoms with Crippen molar-refractivity contribution >= 4 is 17.9 Å². The van der Waals surface area contributed by atoms with E-state index in [0.29, 0.717) is 17.4 Å².